The van der Waals surface area contributed by atoms with Crippen LogP contribution in [-0.2, 0) is 20.7 Å². The van der Waals surface area contributed by atoms with Gasteiger partial charge in [-0.2, -0.15) is 0 Å². The summed E-state index contributed by atoms with van der Waals surface area (Å²) in [7, 11) is 0. The number of hydrogen-bond donors (Lipinski definition) is 1. The first-order valence-corrected chi connectivity index (χ1v) is 8.11. The lowest BCUT2D eigenvalue weighted by Crippen LogP contribution is -2.57. The van der Waals surface area contributed by atoms with Gasteiger partial charge in [0, 0.05) is 19.6 Å². The van der Waals surface area contributed by atoms with E-state index < -0.39 is 5.82 Å². The average Bonchev–Trinajstić information content (AvgIpc) is 2.57. The zero-order valence-electron chi connectivity index (χ0n) is 13.0. The van der Waals surface area contributed by atoms with E-state index in [0.29, 0.717) is 45.6 Å². The number of rotatable bonds is 4. The summed E-state index contributed by atoms with van der Waals surface area (Å²) >= 11 is 0. The second-order valence-electron chi connectivity index (χ2n) is 6.07. The molecule has 126 valence electrons. The van der Waals surface area contributed by atoms with E-state index in [1.165, 1.54) is 12.1 Å². The summed E-state index contributed by atoms with van der Waals surface area (Å²) in [6, 6.07) is 4.48. The molecule has 2 aliphatic heterocycles. The maximum absolute atomic E-state index is 13.3. The number of nitrogens with zero attached hydrogens (tertiary/aromatic N) is 1. The van der Waals surface area contributed by atoms with Crippen LogP contribution in [0, 0.1) is 5.82 Å². The smallest absolute Gasteiger partial charge is 0.222 e. The van der Waals surface area contributed by atoms with Crippen LogP contribution in [0.1, 0.15) is 24.8 Å². The zero-order valence-corrected chi connectivity index (χ0v) is 13.0. The molecule has 0 spiro atoms. The molecule has 2 heterocycles. The van der Waals surface area contributed by atoms with Crippen molar-refractivity contribution < 1.29 is 23.8 Å². The summed E-state index contributed by atoms with van der Waals surface area (Å²) in [5.74, 6) is -0.833. The van der Waals surface area contributed by atoms with Gasteiger partial charge in [-0.15, -0.1) is 0 Å². The molecule has 2 saturated heterocycles. The lowest BCUT2D eigenvalue weighted by atomic mass is 10.0. The minimum Gasteiger partial charge on any atom is -0.505 e. The Morgan fingerprint density at radius 2 is 2.26 bits per heavy atom. The molecule has 23 heavy (non-hydrogen) atoms. The van der Waals surface area contributed by atoms with Gasteiger partial charge in [-0.05, 0) is 37.0 Å². The summed E-state index contributed by atoms with van der Waals surface area (Å²) in [4.78, 5) is 14.4. The van der Waals surface area contributed by atoms with Crippen molar-refractivity contribution in [2.24, 2.45) is 0 Å². The van der Waals surface area contributed by atoms with E-state index in [4.69, 9.17) is 9.47 Å². The van der Waals surface area contributed by atoms with E-state index >= 15 is 0 Å². The van der Waals surface area contributed by atoms with Gasteiger partial charge in [-0.25, -0.2) is 4.39 Å². The average molecular weight is 323 g/mol. The number of benzene rings is 1. The van der Waals surface area contributed by atoms with Crippen molar-refractivity contribution >= 4 is 5.91 Å². The molecule has 0 saturated carbocycles. The molecule has 0 radical (unpaired) electrons. The molecule has 2 atom stereocenters. The summed E-state index contributed by atoms with van der Waals surface area (Å²) in [6.07, 6.45) is 2.53. The number of aryl methyl sites for hydroxylation is 1. The highest BCUT2D eigenvalue weighted by Crippen LogP contribution is 2.23. The van der Waals surface area contributed by atoms with Crippen LogP contribution in [0.15, 0.2) is 18.2 Å². The molecule has 0 aliphatic carbocycles. The lowest BCUT2D eigenvalue weighted by molar-refractivity contribution is -0.161. The molecular formula is C17H22FNO4. The van der Waals surface area contributed by atoms with Crippen LogP contribution in [0.5, 0.6) is 5.75 Å². The molecule has 0 unspecified atom stereocenters. The number of fused-ring (bicyclic) bond motifs is 1. The van der Waals surface area contributed by atoms with Crippen LogP contribution in [-0.4, -0.2) is 54.4 Å². The number of hydrogen-bond acceptors (Lipinski definition) is 4. The summed E-state index contributed by atoms with van der Waals surface area (Å²) in [6.45, 7) is 2.41. The van der Waals surface area contributed by atoms with Crippen molar-refractivity contribution in [3.8, 4) is 5.75 Å². The highest BCUT2D eigenvalue weighted by atomic mass is 19.1. The highest BCUT2D eigenvalue weighted by Gasteiger charge is 2.36. The number of phenols is 1. The maximum atomic E-state index is 13.3. The lowest BCUT2D eigenvalue weighted by Gasteiger charge is -2.43. The largest absolute Gasteiger partial charge is 0.505 e. The number of carbonyl (C=O) groups is 1. The summed E-state index contributed by atoms with van der Waals surface area (Å²) in [5.41, 5.74) is 0.791. The second kappa shape index (κ2) is 7.27. The molecule has 3 rings (SSSR count). The van der Waals surface area contributed by atoms with E-state index in [1.54, 1.807) is 6.07 Å². The predicted molar refractivity (Wildman–Crippen MR) is 81.7 cm³/mol. The van der Waals surface area contributed by atoms with E-state index in [0.717, 1.165) is 12.0 Å². The van der Waals surface area contributed by atoms with E-state index in [2.05, 4.69) is 0 Å². The quantitative estimate of drug-likeness (QED) is 0.919. The van der Waals surface area contributed by atoms with Crippen molar-refractivity contribution in [3.63, 3.8) is 0 Å². The van der Waals surface area contributed by atoms with Gasteiger partial charge in [0.1, 0.15) is 6.10 Å². The second-order valence-corrected chi connectivity index (χ2v) is 6.07. The molecule has 2 aliphatic rings. The number of halogens is 1. The van der Waals surface area contributed by atoms with E-state index in [9.17, 15) is 14.3 Å². The molecular weight excluding hydrogens is 301 g/mol. The van der Waals surface area contributed by atoms with Crippen LogP contribution in [0.3, 0.4) is 0 Å². The van der Waals surface area contributed by atoms with Crippen LogP contribution >= 0.6 is 0 Å². The topological polar surface area (TPSA) is 59.0 Å². The number of ether oxygens (including phenoxy) is 2. The molecule has 1 amide bonds. The number of carbonyl (C=O) groups excluding carboxylic acids is 1. The Hall–Kier alpha value is -1.66. The van der Waals surface area contributed by atoms with Crippen LogP contribution in [0.25, 0.3) is 0 Å². The first-order chi connectivity index (χ1) is 11.1. The highest BCUT2D eigenvalue weighted by molar-refractivity contribution is 5.76. The van der Waals surface area contributed by atoms with Gasteiger partial charge in [0.15, 0.2) is 11.6 Å². The van der Waals surface area contributed by atoms with Crippen LogP contribution in [0.2, 0.25) is 0 Å². The van der Waals surface area contributed by atoms with Crippen molar-refractivity contribution in [2.75, 3.05) is 26.4 Å². The fourth-order valence-electron chi connectivity index (χ4n) is 3.29. The van der Waals surface area contributed by atoms with Gasteiger partial charge < -0.3 is 19.5 Å². The third-order valence-corrected chi connectivity index (χ3v) is 4.52. The molecule has 6 heteroatoms. The maximum Gasteiger partial charge on any atom is 0.222 e. The molecule has 1 aromatic rings. The minimum atomic E-state index is -0.618. The Kier molecular flexibility index (Phi) is 5.13. The molecule has 2 fully saturated rings. The molecule has 0 bridgehead atoms. The van der Waals surface area contributed by atoms with Gasteiger partial charge in [0.25, 0.3) is 0 Å². The summed E-state index contributed by atoms with van der Waals surface area (Å²) in [5, 5.41) is 9.18. The number of amides is 1. The van der Waals surface area contributed by atoms with Crippen LogP contribution in [0.4, 0.5) is 4.39 Å². The van der Waals surface area contributed by atoms with Gasteiger partial charge in [-0.3, -0.25) is 4.79 Å². The Labute approximate surface area is 135 Å². The fraction of sp³-hybridized carbons (Fsp3) is 0.588. The van der Waals surface area contributed by atoms with Crippen molar-refractivity contribution in [1.82, 2.24) is 4.90 Å². The molecule has 5 nitrogen and oxygen atoms in total. The fourth-order valence-corrected chi connectivity index (χ4v) is 3.29. The molecule has 0 aromatic heterocycles. The van der Waals surface area contributed by atoms with Crippen molar-refractivity contribution in [2.45, 2.75) is 37.8 Å². The third kappa shape index (κ3) is 3.82. The number of phenolic OH excluding ortho intramolecular Hbond substituents is 1. The van der Waals surface area contributed by atoms with Crippen molar-refractivity contribution in [1.29, 1.82) is 0 Å². The third-order valence-electron chi connectivity index (χ3n) is 4.52. The van der Waals surface area contributed by atoms with Gasteiger partial charge in [0.05, 0.1) is 19.3 Å². The first kappa shape index (κ1) is 16.2. The predicted octanol–water partition coefficient (Wildman–Crippen LogP) is 1.87. The Balaban J connectivity index is 1.51. The molecule has 1 aromatic carbocycles. The number of morpholine rings is 1. The van der Waals surface area contributed by atoms with Crippen LogP contribution < -0.4 is 0 Å². The Morgan fingerprint density at radius 1 is 1.39 bits per heavy atom. The Morgan fingerprint density at radius 3 is 3.09 bits per heavy atom. The van der Waals surface area contributed by atoms with E-state index in [-0.39, 0.29) is 23.8 Å². The SMILES string of the molecule is O=C(CCCc1ccc(O)c(F)c1)N1CCO[C@@H]2COCC[C@@H]21. The minimum absolute atomic E-state index is 0.00681. The summed E-state index contributed by atoms with van der Waals surface area (Å²) < 4.78 is 24.4. The zero-order chi connectivity index (χ0) is 16.2. The molecule has 1 N–H and O–H groups in total. The Bertz CT molecular complexity index is 564. The first-order valence-electron chi connectivity index (χ1n) is 8.11. The van der Waals surface area contributed by atoms with Gasteiger partial charge in [-0.1, -0.05) is 6.07 Å². The monoisotopic (exact) mass is 323 g/mol. The van der Waals surface area contributed by atoms with Gasteiger partial charge >= 0.3 is 0 Å². The normalized spacial score (nSPS) is 24.3. The van der Waals surface area contributed by atoms with Gasteiger partial charge in [0.2, 0.25) is 5.91 Å². The number of aromatic hydroxyl groups is 1. The van der Waals surface area contributed by atoms with E-state index in [1.807, 2.05) is 4.90 Å². The standard InChI is InChI=1S/C17H22FNO4/c18-13-10-12(4-5-15(13)20)2-1-3-17(21)19-7-9-23-16-11-22-8-6-14(16)19/h4-5,10,14,16,20H,1-3,6-9,11H2/t14-,16+/m0/s1. The van der Waals surface area contributed by atoms with Crippen molar-refractivity contribution in [3.05, 3.63) is 29.6 Å².